The van der Waals surface area contributed by atoms with Gasteiger partial charge in [-0.05, 0) is 32.0 Å². The molecule has 3 nitrogen and oxygen atoms in total. The third-order valence-corrected chi connectivity index (χ3v) is 3.95. The van der Waals surface area contributed by atoms with Crippen LogP contribution in [0.4, 0.5) is 4.39 Å². The Morgan fingerprint density at radius 1 is 1.47 bits per heavy atom. The molecule has 4 heteroatoms. The zero-order chi connectivity index (χ0) is 13.8. The van der Waals surface area contributed by atoms with Crippen LogP contribution in [0.1, 0.15) is 25.0 Å². The van der Waals surface area contributed by atoms with Crippen LogP contribution >= 0.6 is 0 Å². The van der Waals surface area contributed by atoms with Crippen LogP contribution in [0.25, 0.3) is 0 Å². The summed E-state index contributed by atoms with van der Waals surface area (Å²) in [5, 5.41) is 13.4. The number of benzene rings is 1. The van der Waals surface area contributed by atoms with Crippen molar-refractivity contribution in [3.8, 4) is 0 Å². The van der Waals surface area contributed by atoms with Crippen molar-refractivity contribution in [2.24, 2.45) is 5.92 Å². The highest BCUT2D eigenvalue weighted by Crippen LogP contribution is 2.19. The maximum atomic E-state index is 13.5. The molecule has 0 aromatic heterocycles. The predicted molar refractivity (Wildman–Crippen MR) is 74.4 cm³/mol. The molecule has 3 unspecified atom stereocenters. The Labute approximate surface area is 114 Å². The highest BCUT2D eigenvalue weighted by molar-refractivity contribution is 5.20. The molecule has 0 saturated carbocycles. The van der Waals surface area contributed by atoms with Gasteiger partial charge in [0.15, 0.2) is 0 Å². The molecule has 1 aliphatic heterocycles. The van der Waals surface area contributed by atoms with Crippen LogP contribution in [-0.2, 0) is 0 Å². The molecule has 0 radical (unpaired) electrons. The molecule has 0 aliphatic carbocycles. The number of likely N-dealkylation sites (tertiary alicyclic amines) is 1. The standard InChI is InChI=1S/C15H23FN2O/c1-11-10-18(2)8-7-14(11)17-9-15(19)12-5-3-4-6-13(12)16/h3-6,11,14-15,17,19H,7-10H2,1-2H3. The Bertz CT molecular complexity index is 413. The van der Waals surface area contributed by atoms with E-state index in [0.717, 1.165) is 19.5 Å². The normalized spacial score (nSPS) is 26.3. The monoisotopic (exact) mass is 266 g/mol. The van der Waals surface area contributed by atoms with Gasteiger partial charge in [-0.1, -0.05) is 25.1 Å². The highest BCUT2D eigenvalue weighted by atomic mass is 19.1. The predicted octanol–water partition coefficient (Wildman–Crippen LogP) is 1.79. The Kier molecular flexibility index (Phi) is 4.91. The number of nitrogens with zero attached hydrogens (tertiary/aromatic N) is 1. The molecule has 106 valence electrons. The van der Waals surface area contributed by atoms with Gasteiger partial charge in [-0.15, -0.1) is 0 Å². The molecular formula is C15H23FN2O. The zero-order valence-electron chi connectivity index (χ0n) is 11.6. The largest absolute Gasteiger partial charge is 0.387 e. The summed E-state index contributed by atoms with van der Waals surface area (Å²) in [6, 6.07) is 6.81. The fourth-order valence-electron chi connectivity index (χ4n) is 2.78. The smallest absolute Gasteiger partial charge is 0.129 e. The molecule has 2 N–H and O–H groups in total. The summed E-state index contributed by atoms with van der Waals surface area (Å²) >= 11 is 0. The summed E-state index contributed by atoms with van der Waals surface area (Å²) < 4.78 is 13.5. The number of nitrogens with one attached hydrogen (secondary N) is 1. The number of aliphatic hydroxyl groups is 1. The Morgan fingerprint density at radius 3 is 2.89 bits per heavy atom. The van der Waals surface area contributed by atoms with Crippen molar-refractivity contribution in [3.63, 3.8) is 0 Å². The van der Waals surface area contributed by atoms with Crippen molar-refractivity contribution in [1.82, 2.24) is 10.2 Å². The first kappa shape index (κ1) is 14.4. The second kappa shape index (κ2) is 6.46. The molecule has 3 atom stereocenters. The quantitative estimate of drug-likeness (QED) is 0.872. The van der Waals surface area contributed by atoms with Crippen molar-refractivity contribution in [2.75, 3.05) is 26.7 Å². The molecule has 1 aliphatic rings. The molecule has 0 bridgehead atoms. The van der Waals surface area contributed by atoms with E-state index in [1.165, 1.54) is 6.07 Å². The molecule has 0 amide bonds. The van der Waals surface area contributed by atoms with Crippen molar-refractivity contribution in [3.05, 3.63) is 35.6 Å². The first-order valence-corrected chi connectivity index (χ1v) is 6.92. The van der Waals surface area contributed by atoms with E-state index in [0.29, 0.717) is 24.1 Å². The number of piperidine rings is 1. The Balaban J connectivity index is 1.87. The van der Waals surface area contributed by atoms with Crippen molar-refractivity contribution >= 4 is 0 Å². The van der Waals surface area contributed by atoms with Gasteiger partial charge in [-0.3, -0.25) is 0 Å². The van der Waals surface area contributed by atoms with Gasteiger partial charge >= 0.3 is 0 Å². The lowest BCUT2D eigenvalue weighted by Gasteiger charge is -2.35. The number of hydrogen-bond acceptors (Lipinski definition) is 3. The molecule has 1 fully saturated rings. The topological polar surface area (TPSA) is 35.5 Å². The fourth-order valence-corrected chi connectivity index (χ4v) is 2.78. The highest BCUT2D eigenvalue weighted by Gasteiger charge is 2.24. The van der Waals surface area contributed by atoms with E-state index in [4.69, 9.17) is 0 Å². The van der Waals surface area contributed by atoms with Crippen LogP contribution < -0.4 is 5.32 Å². The zero-order valence-corrected chi connectivity index (χ0v) is 11.6. The summed E-state index contributed by atoms with van der Waals surface area (Å²) in [4.78, 5) is 2.32. The number of hydrogen-bond donors (Lipinski definition) is 2. The average Bonchev–Trinajstić information content (AvgIpc) is 2.38. The molecule has 1 saturated heterocycles. The number of aliphatic hydroxyl groups excluding tert-OH is 1. The molecule has 1 heterocycles. The first-order valence-electron chi connectivity index (χ1n) is 6.92. The van der Waals surface area contributed by atoms with Gasteiger partial charge in [-0.25, -0.2) is 4.39 Å². The third kappa shape index (κ3) is 3.75. The minimum absolute atomic E-state index is 0.340. The first-order chi connectivity index (χ1) is 9.08. The summed E-state index contributed by atoms with van der Waals surface area (Å²) in [5.41, 5.74) is 0.371. The van der Waals surface area contributed by atoms with Gasteiger partial charge < -0.3 is 15.3 Å². The summed E-state index contributed by atoms with van der Waals surface area (Å²) in [7, 11) is 2.13. The lowest BCUT2D eigenvalue weighted by Crippen LogP contribution is -2.47. The van der Waals surface area contributed by atoms with E-state index < -0.39 is 6.10 Å². The van der Waals surface area contributed by atoms with E-state index >= 15 is 0 Å². The minimum Gasteiger partial charge on any atom is -0.387 e. The lowest BCUT2D eigenvalue weighted by molar-refractivity contribution is 0.135. The van der Waals surface area contributed by atoms with Gasteiger partial charge in [-0.2, -0.15) is 0 Å². The van der Waals surface area contributed by atoms with Crippen LogP contribution in [0.3, 0.4) is 0 Å². The van der Waals surface area contributed by atoms with E-state index in [1.54, 1.807) is 18.2 Å². The average molecular weight is 266 g/mol. The van der Waals surface area contributed by atoms with Crippen LogP contribution in [0.5, 0.6) is 0 Å². The summed E-state index contributed by atoms with van der Waals surface area (Å²) in [6.45, 7) is 4.74. The van der Waals surface area contributed by atoms with Crippen LogP contribution in [0, 0.1) is 11.7 Å². The molecule has 1 aromatic carbocycles. The lowest BCUT2D eigenvalue weighted by atomic mass is 9.94. The second-order valence-electron chi connectivity index (χ2n) is 5.58. The van der Waals surface area contributed by atoms with E-state index in [-0.39, 0.29) is 5.82 Å². The SMILES string of the molecule is CC1CN(C)CCC1NCC(O)c1ccccc1F. The van der Waals surface area contributed by atoms with Crippen molar-refractivity contribution in [1.29, 1.82) is 0 Å². The van der Waals surface area contributed by atoms with Crippen molar-refractivity contribution in [2.45, 2.75) is 25.5 Å². The van der Waals surface area contributed by atoms with Gasteiger partial charge in [0.2, 0.25) is 0 Å². The van der Waals surface area contributed by atoms with Crippen LogP contribution in [0.2, 0.25) is 0 Å². The number of halogens is 1. The van der Waals surface area contributed by atoms with Gasteiger partial charge in [0.05, 0.1) is 6.10 Å². The molecule has 2 rings (SSSR count). The van der Waals surface area contributed by atoms with Crippen LogP contribution in [-0.4, -0.2) is 42.7 Å². The molecule has 19 heavy (non-hydrogen) atoms. The summed E-state index contributed by atoms with van der Waals surface area (Å²) in [5.74, 6) is 0.208. The van der Waals surface area contributed by atoms with E-state index in [2.05, 4.69) is 24.2 Å². The van der Waals surface area contributed by atoms with Gasteiger partial charge in [0.25, 0.3) is 0 Å². The summed E-state index contributed by atoms with van der Waals surface area (Å²) in [6.07, 6.45) is 0.287. The third-order valence-electron chi connectivity index (χ3n) is 3.95. The maximum absolute atomic E-state index is 13.5. The second-order valence-corrected chi connectivity index (χ2v) is 5.58. The maximum Gasteiger partial charge on any atom is 0.129 e. The number of rotatable bonds is 4. The van der Waals surface area contributed by atoms with E-state index in [9.17, 15) is 9.50 Å². The van der Waals surface area contributed by atoms with Gasteiger partial charge in [0, 0.05) is 24.7 Å². The Morgan fingerprint density at radius 2 is 2.21 bits per heavy atom. The fraction of sp³-hybridized carbons (Fsp3) is 0.600. The van der Waals surface area contributed by atoms with E-state index in [1.807, 2.05) is 0 Å². The van der Waals surface area contributed by atoms with Crippen LogP contribution in [0.15, 0.2) is 24.3 Å². The minimum atomic E-state index is -0.784. The van der Waals surface area contributed by atoms with Gasteiger partial charge in [0.1, 0.15) is 5.82 Å². The Hall–Kier alpha value is -0.970. The van der Waals surface area contributed by atoms with Crippen molar-refractivity contribution < 1.29 is 9.50 Å². The molecule has 1 aromatic rings. The molecule has 0 spiro atoms. The molecular weight excluding hydrogens is 243 g/mol.